The van der Waals surface area contributed by atoms with Crippen molar-refractivity contribution in [3.05, 3.63) is 42.0 Å². The predicted octanol–water partition coefficient (Wildman–Crippen LogP) is 5.02. The molecule has 3 nitrogen and oxygen atoms in total. The number of hydrogen-bond donors (Lipinski definition) is 0. The molecular formula is C19H24O3S. The molecule has 0 amide bonds. The van der Waals surface area contributed by atoms with Crippen LogP contribution in [0, 0.1) is 0 Å². The van der Waals surface area contributed by atoms with E-state index in [9.17, 15) is 4.79 Å². The molecule has 3 rings (SSSR count). The first-order valence-corrected chi connectivity index (χ1v) is 9.34. The van der Waals surface area contributed by atoms with E-state index in [4.69, 9.17) is 9.47 Å². The van der Waals surface area contributed by atoms with Crippen molar-refractivity contribution < 1.29 is 14.3 Å². The number of ether oxygens (including phenoxy) is 2. The standard InChI is InChI=1S/C19H24O3S/c1-3-13(2)19(20)22-18-6-4-5-17(21-18)14-7-9-15(10-8-14)23-16-11-12-16/h7-10,16-18H,2-6,11-12H2,1H3. The predicted molar refractivity (Wildman–Crippen MR) is 92.3 cm³/mol. The van der Waals surface area contributed by atoms with Crippen LogP contribution in [0.3, 0.4) is 0 Å². The van der Waals surface area contributed by atoms with Crippen molar-refractivity contribution in [2.75, 3.05) is 0 Å². The van der Waals surface area contributed by atoms with Gasteiger partial charge >= 0.3 is 5.97 Å². The third-order valence-electron chi connectivity index (χ3n) is 4.26. The van der Waals surface area contributed by atoms with Crippen LogP contribution in [-0.2, 0) is 14.3 Å². The second-order valence-corrected chi connectivity index (χ2v) is 7.61. The van der Waals surface area contributed by atoms with Crippen LogP contribution in [0.5, 0.6) is 0 Å². The van der Waals surface area contributed by atoms with Gasteiger partial charge in [-0.2, -0.15) is 0 Å². The highest BCUT2D eigenvalue weighted by Crippen LogP contribution is 2.40. The Balaban J connectivity index is 1.56. The van der Waals surface area contributed by atoms with Gasteiger partial charge in [0.1, 0.15) is 0 Å². The van der Waals surface area contributed by atoms with Gasteiger partial charge in [-0.15, -0.1) is 11.8 Å². The van der Waals surface area contributed by atoms with Gasteiger partial charge in [0.15, 0.2) is 0 Å². The summed E-state index contributed by atoms with van der Waals surface area (Å²) in [6.45, 7) is 5.62. The largest absolute Gasteiger partial charge is 0.432 e. The number of esters is 1. The lowest BCUT2D eigenvalue weighted by Crippen LogP contribution is -2.28. The van der Waals surface area contributed by atoms with E-state index in [-0.39, 0.29) is 12.1 Å². The van der Waals surface area contributed by atoms with Crippen LogP contribution in [0.2, 0.25) is 0 Å². The summed E-state index contributed by atoms with van der Waals surface area (Å²) in [6, 6.07) is 8.64. The number of rotatable bonds is 6. The van der Waals surface area contributed by atoms with Crippen molar-refractivity contribution in [3.63, 3.8) is 0 Å². The molecular weight excluding hydrogens is 308 g/mol. The molecule has 23 heavy (non-hydrogen) atoms. The third kappa shape index (κ3) is 4.61. The first-order valence-electron chi connectivity index (χ1n) is 8.46. The molecule has 4 heteroatoms. The van der Waals surface area contributed by atoms with Gasteiger partial charge in [0, 0.05) is 22.1 Å². The molecule has 124 valence electrons. The van der Waals surface area contributed by atoms with Gasteiger partial charge in [0.25, 0.3) is 0 Å². The van der Waals surface area contributed by atoms with Gasteiger partial charge in [-0.25, -0.2) is 4.79 Å². The Hall–Kier alpha value is -1.26. The number of carbonyl (C=O) groups is 1. The van der Waals surface area contributed by atoms with Crippen LogP contribution in [0.1, 0.15) is 57.1 Å². The summed E-state index contributed by atoms with van der Waals surface area (Å²) in [5.74, 6) is -0.339. The van der Waals surface area contributed by atoms with Crippen molar-refractivity contribution in [2.24, 2.45) is 0 Å². The lowest BCUT2D eigenvalue weighted by Gasteiger charge is -2.30. The molecule has 0 bridgehead atoms. The summed E-state index contributed by atoms with van der Waals surface area (Å²) in [5.41, 5.74) is 1.66. The SMILES string of the molecule is C=C(CC)C(=O)OC1CCCC(c2ccc(SC3CC3)cc2)O1. The Labute approximate surface area is 142 Å². The maximum Gasteiger partial charge on any atom is 0.335 e. The summed E-state index contributed by atoms with van der Waals surface area (Å²) in [7, 11) is 0. The van der Waals surface area contributed by atoms with Gasteiger partial charge in [-0.05, 0) is 49.8 Å². The fourth-order valence-corrected chi connectivity index (χ4v) is 3.66. The highest BCUT2D eigenvalue weighted by molar-refractivity contribution is 8.00. The van der Waals surface area contributed by atoms with Crippen LogP contribution in [0.25, 0.3) is 0 Å². The van der Waals surface area contributed by atoms with E-state index >= 15 is 0 Å². The highest BCUT2D eigenvalue weighted by Gasteiger charge is 2.27. The Morgan fingerprint density at radius 3 is 2.65 bits per heavy atom. The van der Waals surface area contributed by atoms with E-state index in [0.717, 1.165) is 24.5 Å². The normalized spacial score (nSPS) is 24.2. The number of hydrogen-bond acceptors (Lipinski definition) is 4. The van der Waals surface area contributed by atoms with E-state index < -0.39 is 6.29 Å². The molecule has 2 unspecified atom stereocenters. The van der Waals surface area contributed by atoms with Crippen LogP contribution in [0.15, 0.2) is 41.3 Å². The van der Waals surface area contributed by atoms with Gasteiger partial charge < -0.3 is 9.47 Å². The molecule has 0 radical (unpaired) electrons. The smallest absolute Gasteiger partial charge is 0.335 e. The molecule has 1 aromatic carbocycles. The molecule has 1 saturated carbocycles. The maximum absolute atomic E-state index is 11.8. The Kier molecular flexibility index (Phi) is 5.44. The van der Waals surface area contributed by atoms with E-state index in [1.54, 1.807) is 0 Å². The van der Waals surface area contributed by atoms with Gasteiger partial charge in [-0.3, -0.25) is 0 Å². The minimum absolute atomic E-state index is 0.0106. The summed E-state index contributed by atoms with van der Waals surface area (Å²) < 4.78 is 11.4. The van der Waals surface area contributed by atoms with E-state index in [1.165, 1.54) is 23.3 Å². The minimum Gasteiger partial charge on any atom is -0.432 e. The van der Waals surface area contributed by atoms with Crippen molar-refractivity contribution in [1.82, 2.24) is 0 Å². The van der Waals surface area contributed by atoms with Crippen molar-refractivity contribution in [2.45, 2.75) is 68.0 Å². The first kappa shape index (κ1) is 16.6. The minimum atomic E-state index is -0.454. The molecule has 1 heterocycles. The number of carbonyl (C=O) groups excluding carboxylic acids is 1. The monoisotopic (exact) mass is 332 g/mol. The molecule has 1 aliphatic carbocycles. The average Bonchev–Trinajstić information content (AvgIpc) is 3.39. The van der Waals surface area contributed by atoms with Gasteiger partial charge in [-0.1, -0.05) is 25.6 Å². The van der Waals surface area contributed by atoms with E-state index in [1.807, 2.05) is 18.7 Å². The fourth-order valence-electron chi connectivity index (χ4n) is 2.61. The fraction of sp³-hybridized carbons (Fsp3) is 0.526. The molecule has 1 aromatic rings. The molecule has 1 aliphatic heterocycles. The Morgan fingerprint density at radius 2 is 2.00 bits per heavy atom. The summed E-state index contributed by atoms with van der Waals surface area (Å²) in [5, 5.41) is 0.822. The van der Waals surface area contributed by atoms with Crippen molar-refractivity contribution in [1.29, 1.82) is 0 Å². The van der Waals surface area contributed by atoms with Crippen LogP contribution >= 0.6 is 11.8 Å². The zero-order valence-corrected chi connectivity index (χ0v) is 14.4. The summed E-state index contributed by atoms with van der Waals surface area (Å²) in [6.07, 6.45) is 5.57. The van der Waals surface area contributed by atoms with Crippen molar-refractivity contribution >= 4 is 17.7 Å². The summed E-state index contributed by atoms with van der Waals surface area (Å²) >= 11 is 1.96. The molecule has 2 fully saturated rings. The first-order chi connectivity index (χ1) is 11.2. The van der Waals surface area contributed by atoms with Crippen molar-refractivity contribution in [3.8, 4) is 0 Å². The average molecular weight is 332 g/mol. The second kappa shape index (κ2) is 7.54. The maximum atomic E-state index is 11.8. The van der Waals surface area contributed by atoms with E-state index in [0.29, 0.717) is 12.0 Å². The molecule has 0 aromatic heterocycles. The zero-order chi connectivity index (χ0) is 16.2. The van der Waals surface area contributed by atoms with Crippen LogP contribution in [-0.4, -0.2) is 17.5 Å². The molecule has 2 atom stereocenters. The zero-order valence-electron chi connectivity index (χ0n) is 13.6. The third-order valence-corrected chi connectivity index (χ3v) is 5.60. The molecule has 2 aliphatic rings. The van der Waals surface area contributed by atoms with Gasteiger partial charge in [0.05, 0.1) is 6.10 Å². The molecule has 0 N–H and O–H groups in total. The molecule has 1 saturated heterocycles. The van der Waals surface area contributed by atoms with Crippen LogP contribution in [0.4, 0.5) is 0 Å². The summed E-state index contributed by atoms with van der Waals surface area (Å²) in [4.78, 5) is 13.2. The lowest BCUT2D eigenvalue weighted by molar-refractivity contribution is -0.200. The van der Waals surface area contributed by atoms with Crippen LogP contribution < -0.4 is 0 Å². The van der Waals surface area contributed by atoms with E-state index in [2.05, 4.69) is 30.8 Å². The topological polar surface area (TPSA) is 35.5 Å². The second-order valence-electron chi connectivity index (χ2n) is 6.23. The van der Waals surface area contributed by atoms with Gasteiger partial charge in [0.2, 0.25) is 6.29 Å². The molecule has 0 spiro atoms. The lowest BCUT2D eigenvalue weighted by atomic mass is 10.0. The highest BCUT2D eigenvalue weighted by atomic mass is 32.2. The number of benzene rings is 1. The Bertz CT molecular complexity index is 562. The quantitative estimate of drug-likeness (QED) is 0.541. The Morgan fingerprint density at radius 1 is 1.26 bits per heavy atom. The number of thioether (sulfide) groups is 1.